The summed E-state index contributed by atoms with van der Waals surface area (Å²) in [5.41, 5.74) is 2.57. The molecule has 0 aromatic heterocycles. The average molecular weight is 445 g/mol. The van der Waals surface area contributed by atoms with E-state index in [1.807, 2.05) is 49.9 Å². The van der Waals surface area contributed by atoms with Crippen molar-refractivity contribution in [3.8, 4) is 5.75 Å². The summed E-state index contributed by atoms with van der Waals surface area (Å²) in [6, 6.07) is 16.2. The number of hydrogen-bond acceptors (Lipinski definition) is 3. The number of amides is 1. The first-order valence-corrected chi connectivity index (χ1v) is 11.9. The van der Waals surface area contributed by atoms with E-state index in [0.29, 0.717) is 13.0 Å². The molecule has 1 aliphatic heterocycles. The third-order valence-electron chi connectivity index (χ3n) is 5.41. The number of rotatable bonds is 5. The smallest absolute Gasteiger partial charge is 0.222 e. The van der Waals surface area contributed by atoms with E-state index >= 15 is 0 Å². The van der Waals surface area contributed by atoms with E-state index in [0.717, 1.165) is 48.4 Å². The normalized spacial score (nSPS) is 15.8. The lowest BCUT2D eigenvalue weighted by Crippen LogP contribution is -2.46. The predicted molar refractivity (Wildman–Crippen MR) is 130 cm³/mol. The number of benzene rings is 2. The van der Waals surface area contributed by atoms with Gasteiger partial charge < -0.3 is 14.5 Å². The van der Waals surface area contributed by atoms with Crippen molar-refractivity contribution in [1.29, 1.82) is 0 Å². The Morgan fingerprint density at radius 1 is 0.968 bits per heavy atom. The monoisotopic (exact) mass is 444 g/mol. The van der Waals surface area contributed by atoms with Gasteiger partial charge in [-0.2, -0.15) is 0 Å². The number of carbonyl (C=O) groups is 1. The second-order valence-electron chi connectivity index (χ2n) is 7.80. The van der Waals surface area contributed by atoms with Crippen molar-refractivity contribution < 1.29 is 9.53 Å². The number of carbonyl (C=O) groups excluding carboxylic acids is 1. The van der Waals surface area contributed by atoms with Gasteiger partial charge >= 0.3 is 0 Å². The predicted octanol–water partition coefficient (Wildman–Crippen LogP) is 5.99. The molecule has 31 heavy (non-hydrogen) atoms. The first kappa shape index (κ1) is 25.2. The number of likely N-dealkylation sites (N-methyl/N-ethyl adjacent to an activating group) is 1. The number of ether oxygens (including phenoxy) is 1. The summed E-state index contributed by atoms with van der Waals surface area (Å²) in [6.45, 7) is 10.4. The number of nitrogens with zero attached hydrogens (tertiary/aromatic N) is 2. The quantitative estimate of drug-likeness (QED) is 0.567. The molecular formula is C26H37ClN2O2. The number of piperazine rings is 1. The van der Waals surface area contributed by atoms with Crippen molar-refractivity contribution in [3.63, 3.8) is 0 Å². The van der Waals surface area contributed by atoms with Crippen LogP contribution in [0.4, 0.5) is 0 Å². The minimum absolute atomic E-state index is 0.290. The second-order valence-corrected chi connectivity index (χ2v) is 8.23. The van der Waals surface area contributed by atoms with Crippen LogP contribution >= 0.6 is 11.6 Å². The minimum atomic E-state index is 0.290. The molecule has 0 unspecified atom stereocenters. The lowest BCUT2D eigenvalue weighted by molar-refractivity contribution is -0.132. The van der Waals surface area contributed by atoms with E-state index in [4.69, 9.17) is 16.3 Å². The Hall–Kier alpha value is -2.04. The first-order valence-electron chi connectivity index (χ1n) is 11.5. The van der Waals surface area contributed by atoms with Gasteiger partial charge in [0.1, 0.15) is 12.4 Å². The summed E-state index contributed by atoms with van der Waals surface area (Å²) < 4.78 is 5.74. The SMILES string of the molecule is CC.CCC(=O)N1CCN(C)CC1.Clc1ccc(COc2ccc(C3CC3)cc2)cc1. The van der Waals surface area contributed by atoms with Crippen LogP contribution in [0.3, 0.4) is 0 Å². The van der Waals surface area contributed by atoms with Crippen LogP contribution in [-0.4, -0.2) is 48.9 Å². The standard InChI is InChI=1S/C16H15ClO.C8H16N2O.C2H6/c17-15-7-1-12(2-8-15)11-18-16-9-5-14(6-10-16)13-3-4-13;1-3-8(11)10-6-4-9(2)5-7-10;1-2/h1-2,5-10,13H,3-4,11H2;3-7H2,1-2H3;1-2H3. The molecule has 4 rings (SSSR count). The van der Waals surface area contributed by atoms with Gasteiger partial charge in [-0.15, -0.1) is 0 Å². The van der Waals surface area contributed by atoms with E-state index in [1.54, 1.807) is 0 Å². The van der Waals surface area contributed by atoms with Crippen LogP contribution in [0, 0.1) is 0 Å². The molecule has 2 aromatic rings. The topological polar surface area (TPSA) is 32.8 Å². The molecule has 1 saturated heterocycles. The molecule has 1 saturated carbocycles. The zero-order valence-electron chi connectivity index (χ0n) is 19.4. The van der Waals surface area contributed by atoms with Crippen molar-refractivity contribution in [1.82, 2.24) is 9.80 Å². The van der Waals surface area contributed by atoms with Gasteiger partial charge in [-0.1, -0.05) is 56.6 Å². The van der Waals surface area contributed by atoms with Crippen LogP contribution in [0.2, 0.25) is 5.02 Å². The highest BCUT2D eigenvalue weighted by Crippen LogP contribution is 2.40. The van der Waals surface area contributed by atoms with Gasteiger partial charge in [0.25, 0.3) is 0 Å². The van der Waals surface area contributed by atoms with Gasteiger partial charge in [-0.25, -0.2) is 0 Å². The maximum absolute atomic E-state index is 11.2. The van der Waals surface area contributed by atoms with Crippen LogP contribution in [-0.2, 0) is 11.4 Å². The second kappa shape index (κ2) is 13.4. The van der Waals surface area contributed by atoms with Crippen LogP contribution in [0.5, 0.6) is 5.75 Å². The fourth-order valence-electron chi connectivity index (χ4n) is 3.28. The molecule has 1 aliphatic carbocycles. The molecule has 0 atom stereocenters. The Bertz CT molecular complexity index is 765. The molecule has 1 amide bonds. The molecule has 2 aromatic carbocycles. The van der Waals surface area contributed by atoms with E-state index < -0.39 is 0 Å². The fourth-order valence-corrected chi connectivity index (χ4v) is 3.41. The van der Waals surface area contributed by atoms with Crippen molar-refractivity contribution >= 4 is 17.5 Å². The lowest BCUT2D eigenvalue weighted by Gasteiger charge is -2.32. The maximum Gasteiger partial charge on any atom is 0.222 e. The minimum Gasteiger partial charge on any atom is -0.489 e. The Morgan fingerprint density at radius 2 is 1.55 bits per heavy atom. The Balaban J connectivity index is 0.000000226. The molecule has 0 bridgehead atoms. The van der Waals surface area contributed by atoms with E-state index in [-0.39, 0.29) is 5.91 Å². The molecule has 0 radical (unpaired) electrons. The lowest BCUT2D eigenvalue weighted by atomic mass is 10.1. The van der Waals surface area contributed by atoms with Crippen LogP contribution in [0.15, 0.2) is 48.5 Å². The van der Waals surface area contributed by atoms with E-state index in [2.05, 4.69) is 36.2 Å². The average Bonchev–Trinajstić information content (AvgIpc) is 3.66. The van der Waals surface area contributed by atoms with Crippen molar-refractivity contribution in [2.45, 2.75) is 52.6 Å². The van der Waals surface area contributed by atoms with Crippen molar-refractivity contribution in [3.05, 3.63) is 64.7 Å². The summed E-state index contributed by atoms with van der Waals surface area (Å²) in [4.78, 5) is 15.4. The molecule has 5 heteroatoms. The molecule has 0 N–H and O–H groups in total. The van der Waals surface area contributed by atoms with Crippen LogP contribution < -0.4 is 4.74 Å². The molecule has 0 spiro atoms. The van der Waals surface area contributed by atoms with Gasteiger partial charge in [0.15, 0.2) is 0 Å². The number of halogens is 1. The van der Waals surface area contributed by atoms with Crippen molar-refractivity contribution in [2.75, 3.05) is 33.2 Å². The zero-order valence-corrected chi connectivity index (χ0v) is 20.2. The van der Waals surface area contributed by atoms with E-state index in [9.17, 15) is 4.79 Å². The van der Waals surface area contributed by atoms with Gasteiger partial charge in [0, 0.05) is 37.6 Å². The molecule has 170 valence electrons. The first-order chi connectivity index (χ1) is 15.0. The summed E-state index contributed by atoms with van der Waals surface area (Å²) >= 11 is 5.84. The highest BCUT2D eigenvalue weighted by Gasteiger charge is 2.23. The third-order valence-corrected chi connectivity index (χ3v) is 5.66. The maximum atomic E-state index is 11.2. The van der Waals surface area contributed by atoms with Crippen LogP contribution in [0.25, 0.3) is 0 Å². The highest BCUT2D eigenvalue weighted by atomic mass is 35.5. The summed E-state index contributed by atoms with van der Waals surface area (Å²) in [5, 5.41) is 0.757. The Labute approximate surface area is 193 Å². The molecule has 4 nitrogen and oxygen atoms in total. The molecule has 2 aliphatic rings. The Kier molecular flexibility index (Phi) is 10.9. The Morgan fingerprint density at radius 3 is 2.06 bits per heavy atom. The van der Waals surface area contributed by atoms with Gasteiger partial charge in [0.05, 0.1) is 0 Å². The summed E-state index contributed by atoms with van der Waals surface area (Å²) in [6.07, 6.45) is 3.32. The molecule has 1 heterocycles. The zero-order chi connectivity index (χ0) is 22.6. The molecular weight excluding hydrogens is 408 g/mol. The van der Waals surface area contributed by atoms with Gasteiger partial charge in [-0.05, 0) is 61.2 Å². The summed E-state index contributed by atoms with van der Waals surface area (Å²) in [7, 11) is 2.09. The van der Waals surface area contributed by atoms with Gasteiger partial charge in [-0.3, -0.25) is 4.79 Å². The van der Waals surface area contributed by atoms with Crippen LogP contribution in [0.1, 0.15) is 57.1 Å². The number of hydrogen-bond donors (Lipinski definition) is 0. The third kappa shape index (κ3) is 8.92. The largest absolute Gasteiger partial charge is 0.489 e. The summed E-state index contributed by atoms with van der Waals surface area (Å²) in [5.74, 6) is 2.02. The van der Waals surface area contributed by atoms with E-state index in [1.165, 1.54) is 18.4 Å². The van der Waals surface area contributed by atoms with Gasteiger partial charge in [0.2, 0.25) is 5.91 Å². The molecule has 2 fully saturated rings. The van der Waals surface area contributed by atoms with Crippen molar-refractivity contribution in [2.24, 2.45) is 0 Å². The fraction of sp³-hybridized carbons (Fsp3) is 0.500. The highest BCUT2D eigenvalue weighted by molar-refractivity contribution is 6.30.